The van der Waals surface area contributed by atoms with Crippen LogP contribution < -0.4 is 15.8 Å². The number of nitrogen functional groups attached to an aromatic ring is 1. The van der Waals surface area contributed by atoms with Crippen LogP contribution in [0.25, 0.3) is 0 Å². The molecule has 0 heterocycles. The minimum absolute atomic E-state index is 0.210. The molecule has 0 saturated heterocycles. The Labute approximate surface area is 119 Å². The zero-order valence-electron chi connectivity index (χ0n) is 12.0. The molecule has 0 unspecified atom stereocenters. The highest BCUT2D eigenvalue weighted by Crippen LogP contribution is 2.19. The smallest absolute Gasteiger partial charge is 0.253 e. The van der Waals surface area contributed by atoms with E-state index >= 15 is 0 Å². The molecule has 6 heteroatoms. The molecule has 112 valence electrons. The second kappa shape index (κ2) is 9.17. The van der Waals surface area contributed by atoms with E-state index < -0.39 is 0 Å². The lowest BCUT2D eigenvalue weighted by Crippen LogP contribution is -2.26. The summed E-state index contributed by atoms with van der Waals surface area (Å²) in [6, 6.07) is 5.00. The maximum Gasteiger partial charge on any atom is 0.253 e. The van der Waals surface area contributed by atoms with Gasteiger partial charge in [0.05, 0.1) is 25.9 Å². The third-order valence-electron chi connectivity index (χ3n) is 2.69. The molecular weight excluding hydrogens is 260 g/mol. The summed E-state index contributed by atoms with van der Waals surface area (Å²) >= 11 is 0. The molecule has 0 atom stereocenters. The second-order valence-corrected chi connectivity index (χ2v) is 4.17. The van der Waals surface area contributed by atoms with Crippen LogP contribution in [0.15, 0.2) is 18.2 Å². The number of nitrogens with one attached hydrogen (secondary N) is 1. The van der Waals surface area contributed by atoms with Crippen molar-refractivity contribution < 1.29 is 19.0 Å². The van der Waals surface area contributed by atoms with Crippen LogP contribution in [-0.4, -0.2) is 46.5 Å². The van der Waals surface area contributed by atoms with Crippen molar-refractivity contribution in [2.24, 2.45) is 0 Å². The van der Waals surface area contributed by atoms with E-state index in [-0.39, 0.29) is 5.91 Å². The summed E-state index contributed by atoms with van der Waals surface area (Å²) in [5, 5.41) is 2.80. The van der Waals surface area contributed by atoms with Crippen molar-refractivity contribution >= 4 is 11.6 Å². The van der Waals surface area contributed by atoms with Crippen LogP contribution in [0.5, 0.6) is 5.75 Å². The van der Waals surface area contributed by atoms with Crippen LogP contribution in [0.3, 0.4) is 0 Å². The van der Waals surface area contributed by atoms with Crippen molar-refractivity contribution in [2.45, 2.75) is 6.42 Å². The lowest BCUT2D eigenvalue weighted by atomic mass is 10.1. The SMILES string of the molecule is COCCOCCCNC(=O)c1cc(OC)ccc1N. The molecule has 0 aliphatic heterocycles. The Morgan fingerprint density at radius 3 is 2.75 bits per heavy atom. The van der Waals surface area contributed by atoms with Crippen molar-refractivity contribution in [3.05, 3.63) is 23.8 Å². The van der Waals surface area contributed by atoms with E-state index in [1.54, 1.807) is 32.4 Å². The van der Waals surface area contributed by atoms with Crippen LogP contribution in [0.1, 0.15) is 16.8 Å². The van der Waals surface area contributed by atoms with E-state index in [1.165, 1.54) is 0 Å². The highest BCUT2D eigenvalue weighted by atomic mass is 16.5. The number of nitrogens with two attached hydrogens (primary N) is 1. The third-order valence-corrected chi connectivity index (χ3v) is 2.69. The van der Waals surface area contributed by atoms with Crippen molar-refractivity contribution in [2.75, 3.05) is 46.3 Å². The van der Waals surface area contributed by atoms with Gasteiger partial charge in [-0.3, -0.25) is 4.79 Å². The van der Waals surface area contributed by atoms with Crippen LogP contribution in [0.4, 0.5) is 5.69 Å². The van der Waals surface area contributed by atoms with E-state index in [0.717, 1.165) is 6.42 Å². The number of rotatable bonds is 9. The molecule has 0 bridgehead atoms. The molecule has 1 aromatic rings. The summed E-state index contributed by atoms with van der Waals surface area (Å²) in [7, 11) is 3.17. The van der Waals surface area contributed by atoms with E-state index in [0.29, 0.717) is 43.4 Å². The Bertz CT molecular complexity index is 424. The number of carbonyl (C=O) groups excluding carboxylic acids is 1. The molecule has 0 saturated carbocycles. The van der Waals surface area contributed by atoms with Gasteiger partial charge in [-0.1, -0.05) is 0 Å². The molecular formula is C14H22N2O4. The standard InChI is InChI=1S/C14H22N2O4/c1-18-8-9-20-7-3-6-16-14(17)12-10-11(19-2)4-5-13(12)15/h4-5,10H,3,6-9,15H2,1-2H3,(H,16,17). The van der Waals surface area contributed by atoms with Gasteiger partial charge in [-0.05, 0) is 24.6 Å². The van der Waals surface area contributed by atoms with Gasteiger partial charge < -0.3 is 25.3 Å². The lowest BCUT2D eigenvalue weighted by molar-refractivity contribution is 0.0688. The van der Waals surface area contributed by atoms with Crippen molar-refractivity contribution in [1.82, 2.24) is 5.32 Å². The number of hydrogen-bond donors (Lipinski definition) is 2. The van der Waals surface area contributed by atoms with Gasteiger partial charge in [0.1, 0.15) is 5.75 Å². The van der Waals surface area contributed by atoms with Gasteiger partial charge in [-0.25, -0.2) is 0 Å². The van der Waals surface area contributed by atoms with Crippen LogP contribution >= 0.6 is 0 Å². The molecule has 0 fully saturated rings. The normalized spacial score (nSPS) is 10.3. The molecule has 3 N–H and O–H groups in total. The minimum atomic E-state index is -0.210. The van der Waals surface area contributed by atoms with Gasteiger partial charge in [0.15, 0.2) is 0 Å². The summed E-state index contributed by atoms with van der Waals surface area (Å²) in [5.41, 5.74) is 6.63. The number of benzene rings is 1. The quantitative estimate of drug-likeness (QED) is 0.523. The molecule has 1 aromatic carbocycles. The molecule has 0 spiro atoms. The average molecular weight is 282 g/mol. The molecule has 6 nitrogen and oxygen atoms in total. The maximum atomic E-state index is 12.0. The Morgan fingerprint density at radius 1 is 1.25 bits per heavy atom. The number of ether oxygens (including phenoxy) is 3. The van der Waals surface area contributed by atoms with Crippen LogP contribution in [-0.2, 0) is 9.47 Å². The fourth-order valence-electron chi connectivity index (χ4n) is 1.57. The molecule has 1 rings (SSSR count). The molecule has 0 radical (unpaired) electrons. The zero-order valence-corrected chi connectivity index (χ0v) is 12.0. The van der Waals surface area contributed by atoms with Gasteiger partial charge in [0, 0.05) is 25.9 Å². The van der Waals surface area contributed by atoms with E-state index in [2.05, 4.69) is 5.32 Å². The van der Waals surface area contributed by atoms with E-state index in [9.17, 15) is 4.79 Å². The monoisotopic (exact) mass is 282 g/mol. The molecule has 0 aliphatic rings. The first-order valence-corrected chi connectivity index (χ1v) is 6.47. The molecule has 0 aromatic heterocycles. The van der Waals surface area contributed by atoms with Crippen molar-refractivity contribution in [3.63, 3.8) is 0 Å². The first-order chi connectivity index (χ1) is 9.69. The third kappa shape index (κ3) is 5.46. The summed E-state index contributed by atoms with van der Waals surface area (Å²) in [5.74, 6) is 0.394. The molecule has 1 amide bonds. The summed E-state index contributed by atoms with van der Waals surface area (Å²) in [6.07, 6.45) is 0.735. The van der Waals surface area contributed by atoms with Gasteiger partial charge in [0.25, 0.3) is 5.91 Å². The van der Waals surface area contributed by atoms with Crippen LogP contribution in [0, 0.1) is 0 Å². The highest BCUT2D eigenvalue weighted by molar-refractivity contribution is 5.99. The highest BCUT2D eigenvalue weighted by Gasteiger charge is 2.10. The summed E-state index contributed by atoms with van der Waals surface area (Å²) < 4.78 is 15.2. The largest absolute Gasteiger partial charge is 0.497 e. The lowest BCUT2D eigenvalue weighted by Gasteiger charge is -2.09. The first-order valence-electron chi connectivity index (χ1n) is 6.47. The molecule has 0 aliphatic carbocycles. The fourth-order valence-corrected chi connectivity index (χ4v) is 1.57. The fraction of sp³-hybridized carbons (Fsp3) is 0.500. The Balaban J connectivity index is 2.32. The van der Waals surface area contributed by atoms with Crippen molar-refractivity contribution in [3.8, 4) is 5.75 Å². The van der Waals surface area contributed by atoms with Crippen LogP contribution in [0.2, 0.25) is 0 Å². The molecule has 20 heavy (non-hydrogen) atoms. The zero-order chi connectivity index (χ0) is 14.8. The van der Waals surface area contributed by atoms with Gasteiger partial charge >= 0.3 is 0 Å². The maximum absolute atomic E-state index is 12.0. The van der Waals surface area contributed by atoms with Gasteiger partial charge in [-0.15, -0.1) is 0 Å². The average Bonchev–Trinajstić information content (AvgIpc) is 2.46. The van der Waals surface area contributed by atoms with Gasteiger partial charge in [0.2, 0.25) is 0 Å². The number of hydrogen-bond acceptors (Lipinski definition) is 5. The number of anilines is 1. The minimum Gasteiger partial charge on any atom is -0.497 e. The van der Waals surface area contributed by atoms with E-state index in [4.69, 9.17) is 19.9 Å². The van der Waals surface area contributed by atoms with Gasteiger partial charge in [-0.2, -0.15) is 0 Å². The summed E-state index contributed by atoms with van der Waals surface area (Å²) in [4.78, 5) is 12.0. The topological polar surface area (TPSA) is 82.8 Å². The second-order valence-electron chi connectivity index (χ2n) is 4.17. The first kappa shape index (κ1) is 16.3. The summed E-state index contributed by atoms with van der Waals surface area (Å²) in [6.45, 7) is 2.25. The predicted octanol–water partition coefficient (Wildman–Crippen LogP) is 1.06. The van der Waals surface area contributed by atoms with E-state index in [1.807, 2.05) is 0 Å². The number of amides is 1. The predicted molar refractivity (Wildman–Crippen MR) is 77.1 cm³/mol. The Kier molecular flexibility index (Phi) is 7.46. The number of carbonyl (C=O) groups is 1. The number of methoxy groups -OCH3 is 2. The Morgan fingerprint density at radius 2 is 2.05 bits per heavy atom. The Hall–Kier alpha value is -1.79. The van der Waals surface area contributed by atoms with Crippen molar-refractivity contribution in [1.29, 1.82) is 0 Å².